The van der Waals surface area contributed by atoms with Crippen molar-refractivity contribution in [1.82, 2.24) is 14.9 Å². The van der Waals surface area contributed by atoms with Crippen LogP contribution in [0.25, 0.3) is 0 Å². The summed E-state index contributed by atoms with van der Waals surface area (Å²) in [6, 6.07) is 2.62. The zero-order chi connectivity index (χ0) is 15.6. The lowest BCUT2D eigenvalue weighted by Gasteiger charge is -2.18. The van der Waals surface area contributed by atoms with Gasteiger partial charge in [0, 0.05) is 29.2 Å². The summed E-state index contributed by atoms with van der Waals surface area (Å²) in [6.45, 7) is 12.0. The Hall–Kier alpha value is -1.13. The van der Waals surface area contributed by atoms with Gasteiger partial charge in [-0.3, -0.25) is 0 Å². The molecule has 0 amide bonds. The molecule has 0 aromatic carbocycles. The first-order chi connectivity index (χ1) is 9.81. The van der Waals surface area contributed by atoms with Crippen LogP contribution in [0.1, 0.15) is 56.9 Å². The fourth-order valence-corrected chi connectivity index (χ4v) is 3.54. The van der Waals surface area contributed by atoms with E-state index >= 15 is 0 Å². The predicted octanol–water partition coefficient (Wildman–Crippen LogP) is 4.21. The van der Waals surface area contributed by atoms with Crippen LogP contribution < -0.4 is 5.32 Å². The van der Waals surface area contributed by atoms with E-state index in [-0.39, 0.29) is 5.41 Å². The van der Waals surface area contributed by atoms with Gasteiger partial charge in [0.2, 0.25) is 0 Å². The Balaban J connectivity index is 2.11. The average molecular weight is 305 g/mol. The number of aromatic nitrogens is 2. The maximum absolute atomic E-state index is 4.77. The Bertz CT molecular complexity index is 575. The molecule has 2 rings (SSSR count). The summed E-state index contributed by atoms with van der Waals surface area (Å²) in [7, 11) is 2.03. The highest BCUT2D eigenvalue weighted by atomic mass is 32.1. The molecule has 2 heterocycles. The van der Waals surface area contributed by atoms with Gasteiger partial charge in [-0.1, -0.05) is 34.6 Å². The first kappa shape index (κ1) is 16.2. The van der Waals surface area contributed by atoms with Crippen LogP contribution >= 0.6 is 11.3 Å². The third kappa shape index (κ3) is 3.95. The van der Waals surface area contributed by atoms with E-state index in [2.05, 4.69) is 68.3 Å². The molecule has 0 fully saturated rings. The van der Waals surface area contributed by atoms with Gasteiger partial charge in [-0.05, 0) is 24.6 Å². The van der Waals surface area contributed by atoms with Gasteiger partial charge in [0.15, 0.2) is 0 Å². The molecule has 3 nitrogen and oxygen atoms in total. The Morgan fingerprint density at radius 2 is 2.05 bits per heavy atom. The minimum absolute atomic E-state index is 0.130. The lowest BCUT2D eigenvalue weighted by molar-refractivity contribution is 0.442. The molecule has 1 N–H and O–H groups in total. The molecule has 1 unspecified atom stereocenters. The molecule has 4 heteroatoms. The number of hydrogen-bond donors (Lipinski definition) is 1. The summed E-state index contributed by atoms with van der Waals surface area (Å²) in [5, 5.41) is 6.75. The number of hydrogen-bond acceptors (Lipinski definition) is 3. The fraction of sp³-hybridized carbons (Fsp3) is 0.588. The highest BCUT2D eigenvalue weighted by Gasteiger charge is 2.18. The van der Waals surface area contributed by atoms with Crippen molar-refractivity contribution in [2.45, 2.75) is 52.6 Å². The highest BCUT2D eigenvalue weighted by Crippen LogP contribution is 2.25. The third-order valence-corrected chi connectivity index (χ3v) is 4.58. The van der Waals surface area contributed by atoms with E-state index in [1.54, 1.807) is 11.3 Å². The molecule has 0 saturated carbocycles. The number of rotatable bonds is 5. The first-order valence-electron chi connectivity index (χ1n) is 7.59. The summed E-state index contributed by atoms with van der Waals surface area (Å²) in [4.78, 5) is 4.77. The maximum atomic E-state index is 4.77. The molecular weight excluding hydrogens is 278 g/mol. The van der Waals surface area contributed by atoms with E-state index in [9.17, 15) is 0 Å². The van der Waals surface area contributed by atoms with Crippen molar-refractivity contribution in [3.63, 3.8) is 0 Å². The van der Waals surface area contributed by atoms with Crippen molar-refractivity contribution in [2.75, 3.05) is 7.05 Å². The van der Waals surface area contributed by atoms with Crippen LogP contribution in [0.15, 0.2) is 23.8 Å². The van der Waals surface area contributed by atoms with Gasteiger partial charge in [0.25, 0.3) is 0 Å². The van der Waals surface area contributed by atoms with Crippen LogP contribution in [0.2, 0.25) is 0 Å². The quantitative estimate of drug-likeness (QED) is 0.897. The lowest BCUT2D eigenvalue weighted by atomic mass is 9.93. The average Bonchev–Trinajstić information content (AvgIpc) is 2.99. The van der Waals surface area contributed by atoms with Crippen molar-refractivity contribution < 1.29 is 0 Å². The molecule has 0 aliphatic heterocycles. The summed E-state index contributed by atoms with van der Waals surface area (Å²) in [6.07, 6.45) is 4.39. The minimum Gasteiger partial charge on any atom is -0.347 e. The van der Waals surface area contributed by atoms with E-state index in [0.29, 0.717) is 12.0 Å². The van der Waals surface area contributed by atoms with Gasteiger partial charge in [-0.15, -0.1) is 11.3 Å². The van der Waals surface area contributed by atoms with Crippen LogP contribution in [-0.2, 0) is 12.0 Å². The van der Waals surface area contributed by atoms with Crippen molar-refractivity contribution in [3.8, 4) is 0 Å². The Labute approximate surface area is 132 Å². The van der Waals surface area contributed by atoms with E-state index < -0.39 is 0 Å². The molecule has 1 atom stereocenters. The number of nitrogens with zero attached hydrogens (tertiary/aromatic N) is 2. The second-order valence-corrected chi connectivity index (χ2v) is 7.95. The molecule has 2 aromatic rings. The molecule has 0 saturated heterocycles. The van der Waals surface area contributed by atoms with E-state index in [1.807, 2.05) is 7.05 Å². The van der Waals surface area contributed by atoms with Crippen molar-refractivity contribution in [1.29, 1.82) is 0 Å². The predicted molar refractivity (Wildman–Crippen MR) is 91.0 cm³/mol. The van der Waals surface area contributed by atoms with Gasteiger partial charge in [0.05, 0.1) is 12.2 Å². The lowest BCUT2D eigenvalue weighted by Crippen LogP contribution is -2.21. The monoisotopic (exact) mass is 305 g/mol. The standard InChI is InChI=1S/C17H27N3S/c1-12(2)16(18-6)13-7-8-20(9-13)10-15-19-14(11-21-15)17(3,4)5/h7-9,11-12,16,18H,10H2,1-6H3. The molecule has 116 valence electrons. The van der Waals surface area contributed by atoms with Crippen LogP contribution in [0, 0.1) is 5.92 Å². The molecular formula is C17H27N3S. The number of nitrogens with one attached hydrogen (secondary N) is 1. The first-order valence-corrected chi connectivity index (χ1v) is 8.47. The van der Waals surface area contributed by atoms with Crippen LogP contribution in [0.4, 0.5) is 0 Å². The van der Waals surface area contributed by atoms with Crippen molar-refractivity contribution in [2.24, 2.45) is 5.92 Å². The topological polar surface area (TPSA) is 29.9 Å². The second-order valence-electron chi connectivity index (χ2n) is 7.00. The van der Waals surface area contributed by atoms with Crippen LogP contribution in [0.3, 0.4) is 0 Å². The summed E-state index contributed by atoms with van der Waals surface area (Å²) in [5.41, 5.74) is 2.66. The molecule has 0 radical (unpaired) electrons. The maximum Gasteiger partial charge on any atom is 0.113 e. The summed E-state index contributed by atoms with van der Waals surface area (Å²) >= 11 is 1.75. The Morgan fingerprint density at radius 1 is 1.33 bits per heavy atom. The van der Waals surface area contributed by atoms with Gasteiger partial charge in [-0.2, -0.15) is 0 Å². The second kappa shape index (κ2) is 6.32. The molecule has 0 aliphatic carbocycles. The third-order valence-electron chi connectivity index (χ3n) is 3.75. The number of thiazole rings is 1. The van der Waals surface area contributed by atoms with E-state index in [4.69, 9.17) is 4.98 Å². The van der Waals surface area contributed by atoms with Gasteiger partial charge >= 0.3 is 0 Å². The van der Waals surface area contributed by atoms with Crippen LogP contribution in [0.5, 0.6) is 0 Å². The zero-order valence-electron chi connectivity index (χ0n) is 14.0. The fourth-order valence-electron chi connectivity index (χ4n) is 2.51. The zero-order valence-corrected chi connectivity index (χ0v) is 14.8. The van der Waals surface area contributed by atoms with E-state index in [1.165, 1.54) is 16.3 Å². The molecule has 0 bridgehead atoms. The molecule has 21 heavy (non-hydrogen) atoms. The van der Waals surface area contributed by atoms with Gasteiger partial charge in [-0.25, -0.2) is 4.98 Å². The molecule has 2 aromatic heterocycles. The Kier molecular flexibility index (Phi) is 4.89. The SMILES string of the molecule is CNC(c1ccn(Cc2nc(C(C)(C)C)cs2)c1)C(C)C. The smallest absolute Gasteiger partial charge is 0.113 e. The summed E-state index contributed by atoms with van der Waals surface area (Å²) in [5.74, 6) is 0.582. The molecule has 0 spiro atoms. The van der Waals surface area contributed by atoms with Gasteiger partial charge in [0.1, 0.15) is 5.01 Å². The highest BCUT2D eigenvalue weighted by molar-refractivity contribution is 7.09. The largest absolute Gasteiger partial charge is 0.347 e. The van der Waals surface area contributed by atoms with Crippen LogP contribution in [-0.4, -0.2) is 16.6 Å². The normalized spacial score (nSPS) is 13.9. The van der Waals surface area contributed by atoms with Crippen molar-refractivity contribution >= 4 is 11.3 Å². The summed E-state index contributed by atoms with van der Waals surface area (Å²) < 4.78 is 2.23. The minimum atomic E-state index is 0.130. The van der Waals surface area contributed by atoms with Gasteiger partial charge < -0.3 is 9.88 Å². The van der Waals surface area contributed by atoms with Crippen molar-refractivity contribution in [3.05, 3.63) is 40.1 Å². The Morgan fingerprint density at radius 3 is 2.57 bits per heavy atom. The molecule has 0 aliphatic rings. The van der Waals surface area contributed by atoms with E-state index in [0.717, 1.165) is 6.54 Å².